The van der Waals surface area contributed by atoms with Gasteiger partial charge in [-0.3, -0.25) is 27.7 Å². The van der Waals surface area contributed by atoms with Crippen molar-refractivity contribution in [3.05, 3.63) is 12.7 Å². The summed E-state index contributed by atoms with van der Waals surface area (Å²) in [5.74, 6) is 0.0311. The lowest BCUT2D eigenvalue weighted by Gasteiger charge is -2.35. The number of rotatable bonds is 15. The van der Waals surface area contributed by atoms with E-state index in [1.54, 1.807) is 5.09 Å². The Balaban J connectivity index is 1.54. The fourth-order valence-electron chi connectivity index (χ4n) is 3.14. The number of phosphoric ester groups is 1. The standard InChI is InChI=1S/C15H27N6O14P3/c1-30-4-5-31-3-2-20-36(24,25)34-38(28,29)35-37(26,27)32-6-9-11(22)12(23)15(33-9)21-8-19-10-13(16)17-7-18-14(10)21/h7-9,11-12,15,22-23H,2-6H2,1H3,(H,26,27)(H,28,29)(H2,16,17,18)(H2,20,24,25)/p-3/t9-,11?,12+,15-/m1/s1. The molecule has 1 aliphatic rings. The van der Waals surface area contributed by atoms with Crippen LogP contribution in [0.3, 0.4) is 0 Å². The van der Waals surface area contributed by atoms with E-state index in [0.717, 1.165) is 6.33 Å². The summed E-state index contributed by atoms with van der Waals surface area (Å²) in [6.45, 7) is -1.23. The average molecular weight is 605 g/mol. The topological polar surface area (TPSA) is 298 Å². The van der Waals surface area contributed by atoms with Crippen molar-refractivity contribution >= 4 is 40.4 Å². The molecule has 1 fully saturated rings. The Morgan fingerprint density at radius 1 is 1.08 bits per heavy atom. The number of nitrogens with one attached hydrogen (secondary N) is 1. The van der Waals surface area contributed by atoms with Crippen LogP contribution >= 0.6 is 23.4 Å². The molecule has 2 aromatic rings. The fourth-order valence-corrected chi connectivity index (χ4v) is 6.67. The number of hydrogen-bond donors (Lipinski definition) is 4. The Kier molecular flexibility index (Phi) is 10.5. The third-order valence-corrected chi connectivity index (χ3v) is 9.12. The van der Waals surface area contributed by atoms with Gasteiger partial charge in [-0.25, -0.2) is 19.3 Å². The Morgan fingerprint density at radius 2 is 1.82 bits per heavy atom. The van der Waals surface area contributed by atoms with Gasteiger partial charge in [-0.15, -0.1) is 0 Å². The molecule has 2 aromatic heterocycles. The molecule has 1 saturated heterocycles. The van der Waals surface area contributed by atoms with Gasteiger partial charge in [-0.2, -0.15) is 0 Å². The molecule has 0 amide bonds. The number of hydrogen-bond acceptors (Lipinski definition) is 18. The molecule has 0 saturated carbocycles. The first-order chi connectivity index (χ1) is 17.8. The second-order valence-electron chi connectivity index (χ2n) is 7.49. The quantitative estimate of drug-likeness (QED) is 0.114. The monoisotopic (exact) mass is 605 g/mol. The first-order valence-corrected chi connectivity index (χ1v) is 15.0. The zero-order valence-electron chi connectivity index (χ0n) is 19.5. The summed E-state index contributed by atoms with van der Waals surface area (Å²) in [7, 11) is -15.7. The van der Waals surface area contributed by atoms with Crippen LogP contribution in [-0.4, -0.2) is 88.1 Å². The Bertz CT molecular complexity index is 1230. The number of nitrogen functional groups attached to an aromatic ring is 1. The van der Waals surface area contributed by atoms with Gasteiger partial charge >= 0.3 is 0 Å². The van der Waals surface area contributed by atoms with Crippen LogP contribution in [0.2, 0.25) is 0 Å². The van der Waals surface area contributed by atoms with E-state index >= 15 is 0 Å². The number of methoxy groups -OCH3 is 1. The van der Waals surface area contributed by atoms with E-state index in [1.807, 2.05) is 0 Å². The molecule has 216 valence electrons. The maximum atomic E-state index is 12.0. The summed E-state index contributed by atoms with van der Waals surface area (Å²) >= 11 is 0. The molecule has 0 aromatic carbocycles. The number of imidazole rings is 1. The summed E-state index contributed by atoms with van der Waals surface area (Å²) in [4.78, 5) is 47.3. The lowest BCUT2D eigenvalue weighted by atomic mass is 10.1. The molecule has 0 aliphatic carbocycles. The number of aliphatic hydroxyl groups is 2. The first-order valence-electron chi connectivity index (χ1n) is 10.5. The molecule has 7 atom stereocenters. The van der Waals surface area contributed by atoms with E-state index in [9.17, 15) is 38.6 Å². The van der Waals surface area contributed by atoms with Gasteiger partial charge in [0.2, 0.25) is 7.75 Å². The van der Waals surface area contributed by atoms with Gasteiger partial charge in [-0.1, -0.05) is 0 Å². The van der Waals surface area contributed by atoms with Crippen molar-refractivity contribution in [2.75, 3.05) is 45.8 Å². The SMILES string of the molecule is COCCOCCNP(=O)([O-])OP(=O)([O-])OP(=O)([O-])OC[C@H]1O[C@@H](n2cnc3c(N)ncnc32)[C@@H](O)C1O. The molecule has 0 spiro atoms. The van der Waals surface area contributed by atoms with E-state index in [4.69, 9.17) is 19.9 Å². The van der Waals surface area contributed by atoms with Gasteiger partial charge in [0.1, 0.15) is 30.2 Å². The summed E-state index contributed by atoms with van der Waals surface area (Å²) in [6, 6.07) is 0. The van der Waals surface area contributed by atoms with Crippen LogP contribution in [-0.2, 0) is 41.1 Å². The molecule has 4 unspecified atom stereocenters. The number of nitrogens with zero attached hydrogens (tertiary/aromatic N) is 4. The highest BCUT2D eigenvalue weighted by Gasteiger charge is 2.45. The van der Waals surface area contributed by atoms with Crippen molar-refractivity contribution in [3.8, 4) is 0 Å². The van der Waals surface area contributed by atoms with Crippen LogP contribution in [0.1, 0.15) is 6.23 Å². The highest BCUT2D eigenvalue weighted by molar-refractivity contribution is 7.66. The van der Waals surface area contributed by atoms with E-state index in [2.05, 4.69) is 28.1 Å². The van der Waals surface area contributed by atoms with Crippen LogP contribution in [0, 0.1) is 0 Å². The lowest BCUT2D eigenvalue weighted by molar-refractivity contribution is -0.246. The van der Waals surface area contributed by atoms with Crippen LogP contribution in [0.25, 0.3) is 11.2 Å². The van der Waals surface area contributed by atoms with Crippen molar-refractivity contribution < 1.29 is 65.9 Å². The molecular formula is C15H24N6O14P3-3. The maximum absolute atomic E-state index is 12.0. The predicted molar refractivity (Wildman–Crippen MR) is 117 cm³/mol. The minimum absolute atomic E-state index is 0.0311. The van der Waals surface area contributed by atoms with Gasteiger partial charge in [0.25, 0.3) is 15.6 Å². The molecule has 0 bridgehead atoms. The molecular weight excluding hydrogens is 581 g/mol. The van der Waals surface area contributed by atoms with Crippen LogP contribution in [0.5, 0.6) is 0 Å². The van der Waals surface area contributed by atoms with Crippen molar-refractivity contribution in [1.29, 1.82) is 0 Å². The maximum Gasteiger partial charge on any atom is 0.280 e. The lowest BCUT2D eigenvalue weighted by Crippen LogP contribution is -2.34. The molecule has 1 aliphatic heterocycles. The minimum atomic E-state index is -6.01. The predicted octanol–water partition coefficient (Wildman–Crippen LogP) is -3.26. The largest absolute Gasteiger partial charge is 0.766 e. The van der Waals surface area contributed by atoms with E-state index < -0.39 is 61.1 Å². The van der Waals surface area contributed by atoms with Crippen LogP contribution in [0.4, 0.5) is 5.82 Å². The second kappa shape index (κ2) is 12.8. The number of phosphoric acid groups is 2. The third kappa shape index (κ3) is 8.28. The summed E-state index contributed by atoms with van der Waals surface area (Å²) < 4.78 is 63.9. The number of ether oxygens (including phenoxy) is 3. The van der Waals surface area contributed by atoms with E-state index in [-0.39, 0.29) is 36.8 Å². The van der Waals surface area contributed by atoms with E-state index in [1.165, 1.54) is 18.0 Å². The third-order valence-electron chi connectivity index (χ3n) is 4.79. The average Bonchev–Trinajstić information content (AvgIpc) is 3.35. The Hall–Kier alpha value is -1.44. The summed E-state index contributed by atoms with van der Waals surface area (Å²) in [5, 5.41) is 22.4. The number of aromatic nitrogens is 4. The summed E-state index contributed by atoms with van der Waals surface area (Å²) in [6.07, 6.45) is -3.88. The molecule has 3 heterocycles. The zero-order valence-corrected chi connectivity index (χ0v) is 22.2. The highest BCUT2D eigenvalue weighted by atomic mass is 31.3. The second-order valence-corrected chi connectivity index (χ2v) is 12.2. The Labute approximate surface area is 214 Å². The molecule has 20 nitrogen and oxygen atoms in total. The number of anilines is 1. The van der Waals surface area contributed by atoms with Gasteiger partial charge in [0.15, 0.2) is 17.7 Å². The first kappa shape index (κ1) is 31.1. The van der Waals surface area contributed by atoms with Crippen LogP contribution < -0.4 is 25.5 Å². The smallest absolute Gasteiger partial charge is 0.280 e. The Morgan fingerprint density at radius 3 is 2.53 bits per heavy atom. The van der Waals surface area contributed by atoms with Crippen LogP contribution in [0.15, 0.2) is 12.7 Å². The minimum Gasteiger partial charge on any atom is -0.766 e. The van der Waals surface area contributed by atoms with Gasteiger partial charge < -0.3 is 49.4 Å². The number of aliphatic hydroxyl groups excluding tert-OH is 2. The van der Waals surface area contributed by atoms with Gasteiger partial charge in [-0.05, 0) is 0 Å². The number of fused-ring (bicyclic) bond motifs is 1. The highest BCUT2D eigenvalue weighted by Crippen LogP contribution is 2.61. The van der Waals surface area contributed by atoms with Gasteiger partial charge in [0, 0.05) is 13.7 Å². The molecule has 38 heavy (non-hydrogen) atoms. The molecule has 0 radical (unpaired) electrons. The molecule has 5 N–H and O–H groups in total. The van der Waals surface area contributed by atoms with Crippen molar-refractivity contribution in [3.63, 3.8) is 0 Å². The summed E-state index contributed by atoms with van der Waals surface area (Å²) in [5.41, 5.74) is 6.00. The molecule has 3 rings (SSSR count). The van der Waals surface area contributed by atoms with Crippen molar-refractivity contribution in [1.82, 2.24) is 24.6 Å². The fraction of sp³-hybridized carbons (Fsp3) is 0.667. The van der Waals surface area contributed by atoms with Gasteiger partial charge in [0.05, 0.1) is 32.8 Å². The van der Waals surface area contributed by atoms with Crippen molar-refractivity contribution in [2.45, 2.75) is 24.5 Å². The normalized spacial score (nSPS) is 26.7. The molecule has 23 heteroatoms. The van der Waals surface area contributed by atoms with E-state index in [0.29, 0.717) is 0 Å². The van der Waals surface area contributed by atoms with Crippen molar-refractivity contribution in [2.24, 2.45) is 0 Å². The zero-order chi connectivity index (χ0) is 28.1. The number of nitrogens with two attached hydrogens (primary N) is 1.